The number of hydrogen-bond donors (Lipinski definition) is 0. The molecule has 2 aliphatic rings. The molecule has 0 bridgehead atoms. The van der Waals surface area contributed by atoms with E-state index >= 15 is 0 Å². The molecule has 1 aliphatic heterocycles. The minimum absolute atomic E-state index is 0.226. The molecule has 1 aromatic heterocycles. The van der Waals surface area contributed by atoms with E-state index in [-0.39, 0.29) is 10.8 Å². The van der Waals surface area contributed by atoms with E-state index < -0.39 is 0 Å². The van der Waals surface area contributed by atoms with Gasteiger partial charge in [0.15, 0.2) is 0 Å². The topological polar surface area (TPSA) is 19.4 Å². The Morgan fingerprint density at radius 3 is 2.30 bits per heavy atom. The molecule has 1 unspecified atom stereocenters. The third-order valence-electron chi connectivity index (χ3n) is 8.45. The summed E-state index contributed by atoms with van der Waals surface area (Å²) in [6, 6.07) is 13.6. The number of pyridine rings is 1. The molecule has 0 radical (unpaired) electrons. The number of aromatic nitrogens is 1. The predicted octanol–water partition coefficient (Wildman–Crippen LogP) is 7.05. The lowest BCUT2D eigenvalue weighted by Crippen LogP contribution is -2.47. The molecule has 0 saturated carbocycles. The fourth-order valence-corrected chi connectivity index (χ4v) is 5.58. The van der Waals surface area contributed by atoms with Gasteiger partial charge in [0, 0.05) is 31.7 Å². The Kier molecular flexibility index (Phi) is 7.19. The zero-order valence-corrected chi connectivity index (χ0v) is 22.0. The Balaban J connectivity index is 1.45. The van der Waals surface area contributed by atoms with Crippen LogP contribution >= 0.6 is 0 Å². The van der Waals surface area contributed by atoms with Gasteiger partial charge in [-0.05, 0) is 78.3 Å². The second-order valence-corrected chi connectivity index (χ2v) is 11.9. The molecule has 2 heterocycles. The molecule has 1 atom stereocenters. The van der Waals surface area contributed by atoms with Gasteiger partial charge in [-0.15, -0.1) is 0 Å². The van der Waals surface area contributed by atoms with Crippen molar-refractivity contribution in [1.82, 2.24) is 9.88 Å². The molecule has 0 amide bonds. The summed E-state index contributed by atoms with van der Waals surface area (Å²) in [5, 5.41) is 0. The summed E-state index contributed by atoms with van der Waals surface area (Å²) in [4.78, 5) is 10.2. The highest BCUT2D eigenvalue weighted by Crippen LogP contribution is 2.46. The summed E-state index contributed by atoms with van der Waals surface area (Å²) in [6.45, 7) is 19.9. The van der Waals surface area contributed by atoms with E-state index in [9.17, 15) is 0 Å². The van der Waals surface area contributed by atoms with Gasteiger partial charge in [-0.1, -0.05) is 66.2 Å². The summed E-state index contributed by atoms with van der Waals surface area (Å²) < 4.78 is 0. The average molecular weight is 448 g/mol. The molecule has 4 rings (SSSR count). The summed E-state index contributed by atoms with van der Waals surface area (Å²) in [5.41, 5.74) is 5.87. The smallest absolute Gasteiger partial charge is 0.129 e. The minimum atomic E-state index is 0.226. The van der Waals surface area contributed by atoms with Crippen LogP contribution in [-0.4, -0.2) is 42.6 Å². The minimum Gasteiger partial charge on any atom is -0.354 e. The first-order chi connectivity index (χ1) is 15.7. The van der Waals surface area contributed by atoms with Gasteiger partial charge in [0.25, 0.3) is 0 Å². The molecule has 1 aliphatic carbocycles. The van der Waals surface area contributed by atoms with Crippen LogP contribution in [0.4, 0.5) is 5.82 Å². The lowest BCUT2D eigenvalue weighted by Gasteiger charge is -2.42. The third-order valence-corrected chi connectivity index (χ3v) is 8.45. The number of anilines is 1. The third kappa shape index (κ3) is 5.45. The number of benzene rings is 1. The molecule has 3 heteroatoms. The molecule has 1 aromatic carbocycles. The second kappa shape index (κ2) is 9.78. The van der Waals surface area contributed by atoms with Gasteiger partial charge in [-0.2, -0.15) is 0 Å². The van der Waals surface area contributed by atoms with Crippen LogP contribution in [0, 0.1) is 5.92 Å². The standard InChI is InChI=1S/C30H45N3/c1-7-23(2)10-9-17-32-18-20-33(21-19-32)28-12-8-11-27(31-28)24-13-14-25-26(22-24)30(5,6)16-15-29(25,3)4/h8,11-14,22-23H,7,9-10,15-21H2,1-6H3. The van der Waals surface area contributed by atoms with Gasteiger partial charge < -0.3 is 4.90 Å². The van der Waals surface area contributed by atoms with Crippen LogP contribution in [0.3, 0.4) is 0 Å². The van der Waals surface area contributed by atoms with E-state index in [2.05, 4.69) is 87.7 Å². The SMILES string of the molecule is CCC(C)CCCN1CCN(c2cccc(-c3ccc4c(c3)C(C)(C)CCC4(C)C)n2)CC1. The van der Waals surface area contributed by atoms with Crippen LogP contribution in [0.25, 0.3) is 11.3 Å². The van der Waals surface area contributed by atoms with Crippen molar-refractivity contribution in [1.29, 1.82) is 0 Å². The highest BCUT2D eigenvalue weighted by molar-refractivity contribution is 5.65. The second-order valence-electron chi connectivity index (χ2n) is 11.9. The fraction of sp³-hybridized carbons (Fsp3) is 0.633. The predicted molar refractivity (Wildman–Crippen MR) is 142 cm³/mol. The van der Waals surface area contributed by atoms with E-state index in [1.54, 1.807) is 0 Å². The van der Waals surface area contributed by atoms with Crippen molar-refractivity contribution >= 4 is 5.82 Å². The molecule has 0 spiro atoms. The van der Waals surface area contributed by atoms with E-state index in [1.807, 2.05) is 0 Å². The normalized spacial score (nSPS) is 21.0. The highest BCUT2D eigenvalue weighted by atomic mass is 15.3. The molecule has 3 nitrogen and oxygen atoms in total. The largest absolute Gasteiger partial charge is 0.354 e. The van der Waals surface area contributed by atoms with Crippen LogP contribution in [0.5, 0.6) is 0 Å². The molecular formula is C30H45N3. The van der Waals surface area contributed by atoms with Crippen molar-refractivity contribution in [2.24, 2.45) is 5.92 Å². The lowest BCUT2D eigenvalue weighted by atomic mass is 9.63. The van der Waals surface area contributed by atoms with Gasteiger partial charge in [-0.25, -0.2) is 4.98 Å². The van der Waals surface area contributed by atoms with E-state index in [4.69, 9.17) is 4.98 Å². The summed E-state index contributed by atoms with van der Waals surface area (Å²) in [5.74, 6) is 1.99. The van der Waals surface area contributed by atoms with Crippen LogP contribution < -0.4 is 4.90 Å². The number of nitrogens with zero attached hydrogens (tertiary/aromatic N) is 3. The van der Waals surface area contributed by atoms with E-state index in [0.717, 1.165) is 43.6 Å². The number of rotatable bonds is 7. The maximum absolute atomic E-state index is 5.13. The summed E-state index contributed by atoms with van der Waals surface area (Å²) >= 11 is 0. The van der Waals surface area contributed by atoms with Crippen molar-refractivity contribution in [3.05, 3.63) is 47.5 Å². The monoisotopic (exact) mass is 447 g/mol. The number of fused-ring (bicyclic) bond motifs is 1. The van der Waals surface area contributed by atoms with Crippen molar-refractivity contribution in [2.75, 3.05) is 37.6 Å². The molecule has 2 aromatic rings. The van der Waals surface area contributed by atoms with E-state index in [0.29, 0.717) is 0 Å². The Bertz CT molecular complexity index is 937. The van der Waals surface area contributed by atoms with Gasteiger partial charge in [0.05, 0.1) is 5.69 Å². The first-order valence-electron chi connectivity index (χ1n) is 13.3. The lowest BCUT2D eigenvalue weighted by molar-refractivity contribution is 0.246. The van der Waals surface area contributed by atoms with Crippen LogP contribution in [0.1, 0.15) is 84.8 Å². The Morgan fingerprint density at radius 1 is 0.909 bits per heavy atom. The first kappa shape index (κ1) is 24.3. The molecule has 33 heavy (non-hydrogen) atoms. The summed E-state index contributed by atoms with van der Waals surface area (Å²) in [6.07, 6.45) is 6.48. The van der Waals surface area contributed by atoms with Crippen LogP contribution in [0.15, 0.2) is 36.4 Å². The zero-order valence-electron chi connectivity index (χ0n) is 22.0. The quantitative estimate of drug-likeness (QED) is 0.453. The van der Waals surface area contributed by atoms with Gasteiger partial charge in [0.1, 0.15) is 5.82 Å². The summed E-state index contributed by atoms with van der Waals surface area (Å²) in [7, 11) is 0. The van der Waals surface area contributed by atoms with E-state index in [1.165, 1.54) is 55.3 Å². The van der Waals surface area contributed by atoms with Crippen molar-refractivity contribution in [3.8, 4) is 11.3 Å². The highest BCUT2D eigenvalue weighted by Gasteiger charge is 2.37. The maximum atomic E-state index is 5.13. The molecular weight excluding hydrogens is 402 g/mol. The maximum Gasteiger partial charge on any atom is 0.129 e. The Hall–Kier alpha value is -1.87. The molecule has 1 fully saturated rings. The average Bonchev–Trinajstić information content (AvgIpc) is 2.82. The first-order valence-corrected chi connectivity index (χ1v) is 13.3. The van der Waals surface area contributed by atoms with Gasteiger partial charge in [0.2, 0.25) is 0 Å². The Morgan fingerprint density at radius 2 is 1.61 bits per heavy atom. The van der Waals surface area contributed by atoms with Gasteiger partial charge in [-0.3, -0.25) is 4.90 Å². The fourth-order valence-electron chi connectivity index (χ4n) is 5.58. The number of hydrogen-bond acceptors (Lipinski definition) is 3. The Labute approximate surface area is 202 Å². The van der Waals surface area contributed by atoms with Crippen molar-refractivity contribution in [2.45, 2.75) is 84.5 Å². The van der Waals surface area contributed by atoms with Crippen LogP contribution in [0.2, 0.25) is 0 Å². The van der Waals surface area contributed by atoms with Crippen molar-refractivity contribution < 1.29 is 0 Å². The van der Waals surface area contributed by atoms with Crippen molar-refractivity contribution in [3.63, 3.8) is 0 Å². The molecule has 0 N–H and O–H groups in total. The number of piperazine rings is 1. The molecule has 180 valence electrons. The zero-order chi connectivity index (χ0) is 23.6. The van der Waals surface area contributed by atoms with Gasteiger partial charge >= 0.3 is 0 Å². The van der Waals surface area contributed by atoms with Crippen LogP contribution in [-0.2, 0) is 10.8 Å². The molecule has 1 saturated heterocycles.